The van der Waals surface area contributed by atoms with Gasteiger partial charge in [0.2, 0.25) is 0 Å². The molecule has 4 aromatic carbocycles. The average Bonchev–Trinajstić information content (AvgIpc) is 0.920. The van der Waals surface area contributed by atoms with Crippen LogP contribution >= 0.6 is 0 Å². The van der Waals surface area contributed by atoms with Gasteiger partial charge in [-0.15, -0.1) is 10.2 Å². The number of hydrogen-bond acceptors (Lipinski definition) is 30. The van der Waals surface area contributed by atoms with Crippen LogP contribution in [0.25, 0.3) is 0 Å². The van der Waals surface area contributed by atoms with Gasteiger partial charge in [-0.05, 0) is 79.9 Å². The zero-order valence-corrected chi connectivity index (χ0v) is 52.8. The number of hydrogen-bond donors (Lipinski definition) is 14. The van der Waals surface area contributed by atoms with Gasteiger partial charge in [-0.2, -0.15) is 0 Å². The van der Waals surface area contributed by atoms with Crippen molar-refractivity contribution in [2.45, 2.75) is 175 Å². The van der Waals surface area contributed by atoms with Gasteiger partial charge in [-0.1, -0.05) is 46.8 Å². The van der Waals surface area contributed by atoms with Crippen molar-refractivity contribution in [3.05, 3.63) is 140 Å². The number of aromatic nitrogens is 6. The molecule has 1 aliphatic carbocycles. The molecule has 96 heavy (non-hydrogen) atoms. The van der Waals surface area contributed by atoms with Gasteiger partial charge in [-0.25, -0.2) is 9.36 Å². The van der Waals surface area contributed by atoms with E-state index in [9.17, 15) is 71.5 Å². The lowest BCUT2D eigenvalue weighted by molar-refractivity contribution is -0.360. The quantitative estimate of drug-likeness (QED) is 0.0307. The fourth-order valence-electron chi connectivity index (χ4n) is 13.1. The van der Waals surface area contributed by atoms with Crippen LogP contribution in [0.3, 0.4) is 0 Å². The van der Waals surface area contributed by atoms with E-state index in [-0.39, 0.29) is 26.3 Å². The summed E-state index contributed by atoms with van der Waals surface area (Å²) < 4.78 is 73.9. The molecule has 4 saturated heterocycles. The SMILES string of the molecule is COc1c2cccc1Cc1cc(Cn3cc(CO[C@@H]4O[C@H](CO)[C@@H](O[C@@H]5O[C@H](CO)[C@@H](O)[C@H](O)[C@H]5O)[C@H](O)[C@H]4O)nn3)cc(c1OC)Cc1cccc(c1OC)Cc1cc(Cn3cc(CO[C@@H]4O[C@H](CO)[C@@H](O[C@@H]5O[C@H](CO)[C@@H](O)[C@H](O)[C@H]5O)[C@H](O)[C@H]4O)nn3)cc(c1OC)C2. The first-order valence-corrected chi connectivity index (χ1v) is 31.2. The van der Waals surface area contributed by atoms with E-state index in [0.29, 0.717) is 60.1 Å². The summed E-state index contributed by atoms with van der Waals surface area (Å²) in [4.78, 5) is 0. The molecule has 0 radical (unpaired) electrons. The molecule has 8 bridgehead atoms. The van der Waals surface area contributed by atoms with Crippen LogP contribution in [0, 0.1) is 0 Å². The number of nitrogens with zero attached hydrogens (tertiary/aromatic N) is 6. The monoisotopic (exact) mass is 1350 g/mol. The molecule has 32 heteroatoms. The summed E-state index contributed by atoms with van der Waals surface area (Å²) in [5.74, 6) is 2.59. The van der Waals surface area contributed by atoms with Gasteiger partial charge in [0.1, 0.15) is 132 Å². The molecule has 5 aliphatic rings. The molecule has 6 heterocycles. The second kappa shape index (κ2) is 31.1. The average molecular weight is 1350 g/mol. The van der Waals surface area contributed by atoms with E-state index < -0.39 is 149 Å². The van der Waals surface area contributed by atoms with Crippen LogP contribution in [0.1, 0.15) is 67.0 Å². The van der Waals surface area contributed by atoms with Crippen LogP contribution in [0.2, 0.25) is 0 Å². The third-order valence-electron chi connectivity index (χ3n) is 17.9. The summed E-state index contributed by atoms with van der Waals surface area (Å²) in [6.07, 6.45) is -27.6. The topological polar surface area (TPSA) is 455 Å². The maximum absolute atomic E-state index is 11.2. The number of aliphatic hydroxyl groups excluding tert-OH is 14. The highest BCUT2D eigenvalue weighted by Crippen LogP contribution is 2.41. The van der Waals surface area contributed by atoms with Gasteiger partial charge in [0.05, 0.1) is 93.6 Å². The van der Waals surface area contributed by atoms with Crippen molar-refractivity contribution in [3.8, 4) is 23.0 Å². The Morgan fingerprint density at radius 1 is 0.385 bits per heavy atom. The maximum Gasteiger partial charge on any atom is 0.187 e. The molecule has 32 nitrogen and oxygen atoms in total. The lowest BCUT2D eigenvalue weighted by Gasteiger charge is -2.45. The number of benzene rings is 4. The van der Waals surface area contributed by atoms with E-state index in [1.54, 1.807) is 50.2 Å². The Balaban J connectivity index is 0.805. The van der Waals surface area contributed by atoms with Gasteiger partial charge >= 0.3 is 0 Å². The summed E-state index contributed by atoms with van der Waals surface area (Å²) in [6, 6.07) is 20.0. The molecule has 0 saturated carbocycles. The first kappa shape index (κ1) is 70.8. The first-order valence-electron chi connectivity index (χ1n) is 31.2. The molecule has 4 aliphatic heterocycles. The smallest absolute Gasteiger partial charge is 0.187 e. The molecule has 0 spiro atoms. The normalized spacial score (nSPS) is 31.6. The maximum atomic E-state index is 11.2. The zero-order valence-electron chi connectivity index (χ0n) is 52.8. The van der Waals surface area contributed by atoms with Crippen LogP contribution in [-0.4, -0.2) is 279 Å². The van der Waals surface area contributed by atoms with Crippen LogP contribution < -0.4 is 18.9 Å². The predicted octanol–water partition coefficient (Wildman–Crippen LogP) is -4.04. The first-order chi connectivity index (χ1) is 46.3. The van der Waals surface area contributed by atoms with Crippen molar-refractivity contribution < 1.29 is 128 Å². The van der Waals surface area contributed by atoms with Gasteiger partial charge < -0.3 is 128 Å². The Kier molecular flexibility index (Phi) is 23.0. The predicted molar refractivity (Wildman–Crippen MR) is 324 cm³/mol. The number of aliphatic hydroxyl groups is 14. The summed E-state index contributed by atoms with van der Waals surface area (Å²) in [5.41, 5.74) is 9.09. The zero-order chi connectivity index (χ0) is 68.2. The van der Waals surface area contributed by atoms with E-state index in [4.69, 9.17) is 56.8 Å². The van der Waals surface area contributed by atoms with Crippen LogP contribution in [0.15, 0.2) is 73.1 Å². The molecule has 2 aromatic heterocycles. The number of rotatable bonds is 22. The van der Waals surface area contributed by atoms with Crippen molar-refractivity contribution in [2.75, 3.05) is 54.9 Å². The minimum atomic E-state index is -1.82. The Hall–Kier alpha value is -6.52. The minimum Gasteiger partial charge on any atom is -0.496 e. The van der Waals surface area contributed by atoms with Gasteiger partial charge in [0.15, 0.2) is 25.2 Å². The van der Waals surface area contributed by atoms with Crippen molar-refractivity contribution in [3.63, 3.8) is 0 Å². The molecule has 11 rings (SSSR count). The Bertz CT molecular complexity index is 3240. The standard InChI is InChI=1S/C64H82N6O26/c1-85-55-31-7-5-8-32(55)16-36-12-30(20-70-22-40(66-68-70)28-90-62-54(84)50(80)60(44(26-74)94-62)96-64-52(82)48(78)46(76)42(24-72)92-64)14-38(58(36)88-4)18-34-10-6-9-33(56(34)86-2)17-37-13-29(11-35(15-31)57(37)87-3)19-69-21-39(65-67-69)27-89-61-53(83)49(79)59(43(25-73)93-61)95-63-51(81)47(77)45(75)41(23-71)91-63/h5-14,21-22,41-54,59-64,71-84H,15-20,23-28H2,1-4H3/t41-,42-,43-,44-,45-,46-,47+,48+,49-,50-,51-,52-,53-,54-,59-,60-,61-,62-,63+,64+/m1/s1. The summed E-state index contributed by atoms with van der Waals surface area (Å²) in [7, 11) is 6.50. The van der Waals surface area contributed by atoms with Gasteiger partial charge in [0, 0.05) is 25.7 Å². The third kappa shape index (κ3) is 14.9. The van der Waals surface area contributed by atoms with Crippen LogP contribution in [-0.2, 0) is 89.9 Å². The summed E-state index contributed by atoms with van der Waals surface area (Å²) >= 11 is 0. The fraction of sp³-hybridized carbons (Fsp3) is 0.562. The number of fused-ring (bicyclic) bond motifs is 8. The van der Waals surface area contributed by atoms with E-state index in [2.05, 4.69) is 20.6 Å². The highest BCUT2D eigenvalue weighted by atomic mass is 16.8. The third-order valence-corrected chi connectivity index (χ3v) is 17.9. The second-order valence-corrected chi connectivity index (χ2v) is 24.3. The molecule has 0 unspecified atom stereocenters. The van der Waals surface area contributed by atoms with E-state index in [0.717, 1.165) is 55.6 Å². The van der Waals surface area contributed by atoms with Gasteiger partial charge in [-0.3, -0.25) is 0 Å². The van der Waals surface area contributed by atoms with Crippen molar-refractivity contribution in [1.82, 2.24) is 30.0 Å². The summed E-state index contributed by atoms with van der Waals surface area (Å²) in [5, 5.41) is 164. The lowest BCUT2D eigenvalue weighted by Crippen LogP contribution is -2.64. The molecule has 20 atom stereocenters. The molecule has 524 valence electrons. The molecular formula is C64H82N6O26. The van der Waals surface area contributed by atoms with E-state index >= 15 is 0 Å². The van der Waals surface area contributed by atoms with E-state index in [1.807, 2.05) is 60.7 Å². The van der Waals surface area contributed by atoms with Crippen molar-refractivity contribution >= 4 is 0 Å². The van der Waals surface area contributed by atoms with Gasteiger partial charge in [0.25, 0.3) is 0 Å². The number of para-hydroxylation sites is 2. The lowest BCUT2D eigenvalue weighted by atomic mass is 9.89. The molecule has 0 amide bonds. The molecule has 4 fully saturated rings. The second-order valence-electron chi connectivity index (χ2n) is 24.3. The van der Waals surface area contributed by atoms with Crippen LogP contribution in [0.5, 0.6) is 23.0 Å². The molecule has 6 aromatic rings. The highest BCUT2D eigenvalue weighted by molar-refractivity contribution is 5.57. The van der Waals surface area contributed by atoms with Crippen LogP contribution in [0.4, 0.5) is 0 Å². The number of methoxy groups -OCH3 is 4. The largest absolute Gasteiger partial charge is 0.496 e. The molecule has 14 N–H and O–H groups in total. The van der Waals surface area contributed by atoms with Crippen molar-refractivity contribution in [2.24, 2.45) is 0 Å². The summed E-state index contributed by atoms with van der Waals surface area (Å²) in [6.45, 7) is -3.02. The number of ether oxygens (including phenoxy) is 12. The molecular weight excluding hydrogens is 1270 g/mol. The Morgan fingerprint density at radius 3 is 1.00 bits per heavy atom. The Labute approximate surface area is 549 Å². The highest BCUT2D eigenvalue weighted by Gasteiger charge is 2.53. The van der Waals surface area contributed by atoms with Crippen molar-refractivity contribution in [1.29, 1.82) is 0 Å². The fourth-order valence-corrected chi connectivity index (χ4v) is 13.1. The Morgan fingerprint density at radius 2 is 0.688 bits per heavy atom. The minimum absolute atomic E-state index is 0.227. The van der Waals surface area contributed by atoms with E-state index in [1.165, 1.54) is 0 Å².